The van der Waals surface area contributed by atoms with Gasteiger partial charge in [0.2, 0.25) is 0 Å². The molecule has 1 aliphatic heterocycles. The summed E-state index contributed by atoms with van der Waals surface area (Å²) < 4.78 is 33.5. The number of carbonyl (C=O) groups is 1. The summed E-state index contributed by atoms with van der Waals surface area (Å²) in [5, 5.41) is 3.07. The highest BCUT2D eigenvalue weighted by Gasteiger charge is 2.32. The lowest BCUT2D eigenvalue weighted by Gasteiger charge is -2.27. The van der Waals surface area contributed by atoms with Crippen LogP contribution in [0.4, 0.5) is 5.69 Å². The number of nitrogens with zero attached hydrogens (tertiary/aromatic N) is 1. The van der Waals surface area contributed by atoms with Gasteiger partial charge in [0.05, 0.1) is 23.3 Å². The van der Waals surface area contributed by atoms with Crippen molar-refractivity contribution in [2.24, 2.45) is 5.92 Å². The molecule has 0 saturated heterocycles. The minimum Gasteiger partial charge on any atom is -0.496 e. The highest BCUT2D eigenvalue weighted by Crippen LogP contribution is 2.34. The number of methoxy groups -OCH3 is 1. The van der Waals surface area contributed by atoms with Crippen LogP contribution in [-0.2, 0) is 16.4 Å². The van der Waals surface area contributed by atoms with E-state index in [2.05, 4.69) is 12.2 Å². The fraction of sp³-hybridized carbons (Fsp3) is 0.435. The molecule has 0 aromatic heterocycles. The van der Waals surface area contributed by atoms with Gasteiger partial charge in [0, 0.05) is 12.6 Å². The Morgan fingerprint density at radius 3 is 2.57 bits per heavy atom. The van der Waals surface area contributed by atoms with E-state index in [1.807, 2.05) is 24.3 Å². The summed E-state index contributed by atoms with van der Waals surface area (Å²) in [7, 11) is -2.29. The Morgan fingerprint density at radius 1 is 1.10 bits per heavy atom. The van der Waals surface area contributed by atoms with Crippen molar-refractivity contribution < 1.29 is 17.9 Å². The number of para-hydroxylation sites is 1. The van der Waals surface area contributed by atoms with Crippen LogP contribution >= 0.6 is 0 Å². The lowest BCUT2D eigenvalue weighted by atomic mass is 9.87. The van der Waals surface area contributed by atoms with Crippen LogP contribution in [0.15, 0.2) is 47.4 Å². The molecule has 1 saturated carbocycles. The maximum atomic E-state index is 13.4. The Morgan fingerprint density at radius 2 is 1.83 bits per heavy atom. The summed E-state index contributed by atoms with van der Waals surface area (Å²) in [5.41, 5.74) is 1.97. The summed E-state index contributed by atoms with van der Waals surface area (Å²) in [4.78, 5) is 13.1. The smallest absolute Gasteiger partial charge is 0.264 e. The quantitative estimate of drug-likeness (QED) is 0.787. The molecule has 0 bridgehead atoms. The molecule has 1 amide bonds. The summed E-state index contributed by atoms with van der Waals surface area (Å²) in [5.74, 6) is 0.771. The van der Waals surface area contributed by atoms with E-state index in [1.54, 1.807) is 6.07 Å². The van der Waals surface area contributed by atoms with Crippen LogP contribution in [0.1, 0.15) is 48.5 Å². The van der Waals surface area contributed by atoms with Crippen molar-refractivity contribution >= 4 is 21.6 Å². The van der Waals surface area contributed by atoms with Crippen molar-refractivity contribution in [2.75, 3.05) is 18.0 Å². The highest BCUT2D eigenvalue weighted by molar-refractivity contribution is 7.92. The zero-order valence-electron chi connectivity index (χ0n) is 17.4. The third-order valence-electron chi connectivity index (χ3n) is 6.20. The summed E-state index contributed by atoms with van der Waals surface area (Å²) in [6.45, 7) is 2.63. The molecule has 160 valence electrons. The molecule has 0 spiro atoms. The van der Waals surface area contributed by atoms with Gasteiger partial charge in [-0.3, -0.25) is 9.10 Å². The van der Waals surface area contributed by atoms with Gasteiger partial charge in [0.25, 0.3) is 15.9 Å². The number of carbonyl (C=O) groups excluding carboxylic acids is 1. The van der Waals surface area contributed by atoms with Gasteiger partial charge in [-0.15, -0.1) is 0 Å². The third-order valence-corrected chi connectivity index (χ3v) is 8.01. The second-order valence-electron chi connectivity index (χ2n) is 8.25. The van der Waals surface area contributed by atoms with Crippen molar-refractivity contribution in [3.05, 3.63) is 53.6 Å². The predicted molar refractivity (Wildman–Crippen MR) is 117 cm³/mol. The third kappa shape index (κ3) is 3.90. The van der Waals surface area contributed by atoms with Gasteiger partial charge in [-0.2, -0.15) is 0 Å². The first kappa shape index (κ1) is 20.7. The lowest BCUT2D eigenvalue weighted by Crippen LogP contribution is -2.37. The number of rotatable bonds is 5. The maximum Gasteiger partial charge on any atom is 0.264 e. The number of ether oxygens (including phenoxy) is 1. The molecule has 1 heterocycles. The number of hydrogen-bond acceptors (Lipinski definition) is 4. The van der Waals surface area contributed by atoms with Crippen molar-refractivity contribution in [3.63, 3.8) is 0 Å². The topological polar surface area (TPSA) is 75.7 Å². The maximum absolute atomic E-state index is 13.4. The number of fused-ring (bicyclic) bond motifs is 1. The minimum absolute atomic E-state index is 0.0995. The Labute approximate surface area is 178 Å². The lowest BCUT2D eigenvalue weighted by molar-refractivity contribution is 0.0919. The molecule has 1 fully saturated rings. The molecule has 7 heteroatoms. The Balaban J connectivity index is 1.62. The monoisotopic (exact) mass is 428 g/mol. The largest absolute Gasteiger partial charge is 0.496 e. The summed E-state index contributed by atoms with van der Waals surface area (Å²) in [6, 6.07) is 12.1. The predicted octanol–water partition coefficient (Wildman–Crippen LogP) is 3.76. The second kappa shape index (κ2) is 8.30. The second-order valence-corrected chi connectivity index (χ2v) is 10.1. The molecule has 0 atom stereocenters. The molecule has 30 heavy (non-hydrogen) atoms. The van der Waals surface area contributed by atoms with Crippen LogP contribution in [0, 0.1) is 5.92 Å². The van der Waals surface area contributed by atoms with E-state index in [1.165, 1.54) is 23.5 Å². The van der Waals surface area contributed by atoms with Crippen molar-refractivity contribution in [1.82, 2.24) is 5.32 Å². The van der Waals surface area contributed by atoms with Crippen molar-refractivity contribution in [1.29, 1.82) is 0 Å². The van der Waals surface area contributed by atoms with Gasteiger partial charge in [-0.1, -0.05) is 25.1 Å². The average Bonchev–Trinajstić information content (AvgIpc) is 3.20. The standard InChI is InChI=1S/C23H28N2O4S/c1-16-7-9-18(10-8-16)24-23(26)20-15-19(11-12-22(20)29-2)30(27,28)25-14-13-17-5-3-4-6-21(17)25/h3-6,11-12,15-16,18H,7-10,13-14H2,1-2H3,(H,24,26). The number of nitrogens with one attached hydrogen (secondary N) is 1. The van der Waals surface area contributed by atoms with E-state index in [-0.39, 0.29) is 22.4 Å². The molecule has 1 aliphatic carbocycles. The minimum atomic E-state index is -3.78. The fourth-order valence-electron chi connectivity index (χ4n) is 4.38. The van der Waals surface area contributed by atoms with Crippen LogP contribution in [0.5, 0.6) is 5.75 Å². The molecule has 2 aromatic carbocycles. The molecular weight excluding hydrogens is 400 g/mol. The Hall–Kier alpha value is -2.54. The van der Waals surface area contributed by atoms with Gasteiger partial charge in [-0.05, 0) is 67.9 Å². The first-order valence-electron chi connectivity index (χ1n) is 10.5. The molecule has 4 rings (SSSR count). The summed E-state index contributed by atoms with van der Waals surface area (Å²) >= 11 is 0. The van der Waals surface area contributed by atoms with Gasteiger partial charge >= 0.3 is 0 Å². The normalized spacial score (nSPS) is 21.2. The van der Waals surface area contributed by atoms with E-state index < -0.39 is 10.0 Å². The van der Waals surface area contributed by atoms with E-state index in [0.29, 0.717) is 30.3 Å². The average molecular weight is 429 g/mol. The molecular formula is C23H28N2O4S. The van der Waals surface area contributed by atoms with Gasteiger partial charge < -0.3 is 10.1 Å². The van der Waals surface area contributed by atoms with Crippen LogP contribution in [0.25, 0.3) is 0 Å². The number of anilines is 1. The van der Waals surface area contributed by atoms with E-state index >= 15 is 0 Å². The molecule has 0 unspecified atom stereocenters. The van der Waals surface area contributed by atoms with Crippen molar-refractivity contribution in [3.8, 4) is 5.75 Å². The van der Waals surface area contributed by atoms with E-state index in [0.717, 1.165) is 31.2 Å². The first-order chi connectivity index (χ1) is 14.4. The van der Waals surface area contributed by atoms with Crippen LogP contribution in [-0.4, -0.2) is 34.0 Å². The fourth-order valence-corrected chi connectivity index (χ4v) is 5.91. The zero-order chi connectivity index (χ0) is 21.3. The molecule has 6 nitrogen and oxygen atoms in total. The van der Waals surface area contributed by atoms with Gasteiger partial charge in [-0.25, -0.2) is 8.42 Å². The molecule has 1 N–H and O–H groups in total. The number of benzene rings is 2. The van der Waals surface area contributed by atoms with Crippen molar-refractivity contribution in [2.45, 2.75) is 50.0 Å². The molecule has 2 aromatic rings. The highest BCUT2D eigenvalue weighted by atomic mass is 32.2. The van der Waals surface area contributed by atoms with Crippen LogP contribution < -0.4 is 14.4 Å². The van der Waals surface area contributed by atoms with Gasteiger partial charge in [0.15, 0.2) is 0 Å². The molecule has 2 aliphatic rings. The number of sulfonamides is 1. The van der Waals surface area contributed by atoms with E-state index in [4.69, 9.17) is 4.74 Å². The van der Waals surface area contributed by atoms with Crippen LogP contribution in [0.3, 0.4) is 0 Å². The Bertz CT molecular complexity index is 1040. The van der Waals surface area contributed by atoms with Crippen LogP contribution in [0.2, 0.25) is 0 Å². The Kier molecular flexibility index (Phi) is 5.73. The first-order valence-corrected chi connectivity index (χ1v) is 11.9. The number of amides is 1. The van der Waals surface area contributed by atoms with Gasteiger partial charge in [0.1, 0.15) is 5.75 Å². The number of hydrogen-bond donors (Lipinski definition) is 1. The zero-order valence-corrected chi connectivity index (χ0v) is 18.2. The molecule has 0 radical (unpaired) electrons. The SMILES string of the molecule is COc1ccc(S(=O)(=O)N2CCc3ccccc32)cc1C(=O)NC1CCC(C)CC1. The van der Waals surface area contributed by atoms with E-state index in [9.17, 15) is 13.2 Å². The summed E-state index contributed by atoms with van der Waals surface area (Å²) in [6.07, 6.45) is 4.74.